The van der Waals surface area contributed by atoms with Crippen molar-refractivity contribution in [3.63, 3.8) is 0 Å². The molecule has 1 fully saturated rings. The van der Waals surface area contributed by atoms with Crippen LogP contribution in [0.4, 0.5) is 11.4 Å². The highest BCUT2D eigenvalue weighted by molar-refractivity contribution is 6.05. The van der Waals surface area contributed by atoms with Crippen molar-refractivity contribution in [2.75, 3.05) is 10.2 Å². The first-order chi connectivity index (χ1) is 14.6. The second kappa shape index (κ2) is 8.57. The number of amides is 1. The van der Waals surface area contributed by atoms with Gasteiger partial charge in [-0.25, -0.2) is 4.99 Å². The van der Waals surface area contributed by atoms with Crippen LogP contribution in [0.1, 0.15) is 44.1 Å². The lowest BCUT2D eigenvalue weighted by Gasteiger charge is -2.45. The van der Waals surface area contributed by atoms with Gasteiger partial charge in [0.15, 0.2) is 0 Å². The molecule has 0 radical (unpaired) electrons. The Labute approximate surface area is 176 Å². The summed E-state index contributed by atoms with van der Waals surface area (Å²) in [6, 6.07) is 17.7. The van der Waals surface area contributed by atoms with Crippen LogP contribution >= 0.6 is 0 Å². The van der Waals surface area contributed by atoms with Gasteiger partial charge in [-0.15, -0.1) is 0 Å². The number of nitrogens with two attached hydrogens (primary N) is 2. The summed E-state index contributed by atoms with van der Waals surface area (Å²) in [4.78, 5) is 23.2. The summed E-state index contributed by atoms with van der Waals surface area (Å²) in [6.45, 7) is 0. The zero-order chi connectivity index (χ0) is 21.0. The molecule has 0 atom stereocenters. The molecule has 7 heteroatoms. The van der Waals surface area contributed by atoms with E-state index in [-0.39, 0.29) is 11.9 Å². The van der Waals surface area contributed by atoms with Gasteiger partial charge in [0.05, 0.1) is 0 Å². The molecular formula is C23H28N6O. The van der Waals surface area contributed by atoms with Gasteiger partial charge in [0.25, 0.3) is 0 Å². The van der Waals surface area contributed by atoms with Crippen LogP contribution in [0.2, 0.25) is 0 Å². The minimum atomic E-state index is -0.464. The van der Waals surface area contributed by atoms with Crippen molar-refractivity contribution < 1.29 is 4.79 Å². The van der Waals surface area contributed by atoms with Crippen LogP contribution in [0, 0.1) is 0 Å². The molecule has 2 aromatic rings. The highest BCUT2D eigenvalue weighted by Gasteiger charge is 2.42. The van der Waals surface area contributed by atoms with E-state index in [4.69, 9.17) is 11.5 Å². The average molecular weight is 405 g/mol. The lowest BCUT2D eigenvalue weighted by Crippen LogP contribution is -2.58. The predicted molar refractivity (Wildman–Crippen MR) is 121 cm³/mol. The van der Waals surface area contributed by atoms with Gasteiger partial charge in [0.2, 0.25) is 17.8 Å². The van der Waals surface area contributed by atoms with Crippen LogP contribution in [-0.4, -0.2) is 23.5 Å². The molecule has 0 bridgehead atoms. The molecular weight excluding hydrogens is 376 g/mol. The highest BCUT2D eigenvalue weighted by Crippen LogP contribution is 2.39. The van der Waals surface area contributed by atoms with Crippen molar-refractivity contribution in [2.24, 2.45) is 21.5 Å². The van der Waals surface area contributed by atoms with E-state index in [1.54, 1.807) is 0 Å². The fourth-order valence-corrected chi connectivity index (χ4v) is 4.31. The number of guanidine groups is 2. The lowest BCUT2D eigenvalue weighted by molar-refractivity contribution is -0.116. The third-order valence-electron chi connectivity index (χ3n) is 5.74. The zero-order valence-electron chi connectivity index (χ0n) is 17.1. The summed E-state index contributed by atoms with van der Waals surface area (Å²) in [5.74, 6) is 0.601. The van der Waals surface area contributed by atoms with E-state index in [0.717, 1.165) is 42.6 Å². The molecule has 5 N–H and O–H groups in total. The van der Waals surface area contributed by atoms with Gasteiger partial charge >= 0.3 is 0 Å². The van der Waals surface area contributed by atoms with Crippen LogP contribution in [0.15, 0.2) is 64.6 Å². The monoisotopic (exact) mass is 404 g/mol. The molecule has 4 rings (SSSR count). The number of nitrogens with zero attached hydrogens (tertiary/aromatic N) is 3. The Morgan fingerprint density at radius 3 is 2.40 bits per heavy atom. The molecule has 2 aromatic carbocycles. The van der Waals surface area contributed by atoms with E-state index in [2.05, 4.69) is 15.3 Å². The molecule has 30 heavy (non-hydrogen) atoms. The number of benzene rings is 2. The maximum absolute atomic E-state index is 12.3. The van der Waals surface area contributed by atoms with E-state index in [9.17, 15) is 4.79 Å². The van der Waals surface area contributed by atoms with Gasteiger partial charge in [-0.05, 0) is 61.9 Å². The first-order valence-corrected chi connectivity index (χ1v) is 10.5. The minimum absolute atomic E-state index is 0.00761. The van der Waals surface area contributed by atoms with Gasteiger partial charge in [-0.2, -0.15) is 4.99 Å². The Hall–Kier alpha value is -3.35. The standard InChI is InChI=1S/C23H28N6O/c24-21-27-22(25)29(23(28-21)15-5-2-6-16-23)19-12-10-18(11-13-19)26-20(30)14-9-17-7-3-1-4-8-17/h1,3-4,7-8,10-13H,2,5-6,9,14-16H2,(H,26,30)(H4,24,25,27,28). The molecule has 7 nitrogen and oxygen atoms in total. The number of anilines is 2. The third kappa shape index (κ3) is 4.30. The van der Waals surface area contributed by atoms with E-state index in [0.29, 0.717) is 18.8 Å². The number of aryl methyl sites for hydroxylation is 1. The van der Waals surface area contributed by atoms with Crippen molar-refractivity contribution in [2.45, 2.75) is 50.6 Å². The minimum Gasteiger partial charge on any atom is -0.369 e. The van der Waals surface area contributed by atoms with E-state index in [1.165, 1.54) is 6.42 Å². The Morgan fingerprint density at radius 2 is 1.70 bits per heavy atom. The lowest BCUT2D eigenvalue weighted by atomic mass is 9.87. The number of rotatable bonds is 5. The molecule has 0 unspecified atom stereocenters. The number of nitrogens with one attached hydrogen (secondary N) is 1. The van der Waals surface area contributed by atoms with Crippen molar-refractivity contribution in [3.05, 3.63) is 60.2 Å². The largest absolute Gasteiger partial charge is 0.369 e. The third-order valence-corrected chi connectivity index (χ3v) is 5.74. The highest BCUT2D eigenvalue weighted by atomic mass is 16.1. The van der Waals surface area contributed by atoms with Gasteiger partial charge in [-0.1, -0.05) is 36.8 Å². The molecule has 1 spiro atoms. The molecule has 1 heterocycles. The number of hydrogen-bond acceptors (Lipinski definition) is 6. The van der Waals surface area contributed by atoms with Gasteiger partial charge in [-0.3, -0.25) is 9.69 Å². The first-order valence-electron chi connectivity index (χ1n) is 10.5. The Kier molecular flexibility index (Phi) is 5.70. The number of carbonyl (C=O) groups is 1. The van der Waals surface area contributed by atoms with Crippen molar-refractivity contribution in [1.29, 1.82) is 0 Å². The van der Waals surface area contributed by atoms with E-state index < -0.39 is 5.66 Å². The Bertz CT molecular complexity index is 945. The molecule has 1 aliphatic heterocycles. The first kappa shape index (κ1) is 19.9. The second-order valence-corrected chi connectivity index (χ2v) is 7.90. The van der Waals surface area contributed by atoms with Gasteiger partial charge in [0, 0.05) is 17.8 Å². The smallest absolute Gasteiger partial charge is 0.224 e. The summed E-state index contributed by atoms with van der Waals surface area (Å²) < 4.78 is 0. The fraction of sp³-hybridized carbons (Fsp3) is 0.348. The van der Waals surface area contributed by atoms with Crippen molar-refractivity contribution in [3.8, 4) is 0 Å². The summed E-state index contributed by atoms with van der Waals surface area (Å²) in [6.07, 6.45) is 6.29. The molecule has 1 saturated carbocycles. The number of hydrogen-bond donors (Lipinski definition) is 3. The van der Waals surface area contributed by atoms with E-state index >= 15 is 0 Å². The fourth-order valence-electron chi connectivity index (χ4n) is 4.31. The van der Waals surface area contributed by atoms with Gasteiger partial charge in [0.1, 0.15) is 5.66 Å². The normalized spacial score (nSPS) is 17.9. The average Bonchev–Trinajstić information content (AvgIpc) is 2.74. The molecule has 0 aromatic heterocycles. The quantitative estimate of drug-likeness (QED) is 0.710. The Morgan fingerprint density at radius 1 is 1.00 bits per heavy atom. The number of carbonyl (C=O) groups excluding carboxylic acids is 1. The molecule has 2 aliphatic rings. The number of aliphatic imine (C=N–C) groups is 2. The van der Waals surface area contributed by atoms with Crippen LogP contribution < -0.4 is 21.7 Å². The van der Waals surface area contributed by atoms with E-state index in [1.807, 2.05) is 59.5 Å². The Balaban J connectivity index is 1.44. The molecule has 0 saturated heterocycles. The molecule has 1 aliphatic carbocycles. The van der Waals surface area contributed by atoms with Crippen molar-refractivity contribution >= 4 is 29.2 Å². The van der Waals surface area contributed by atoms with Crippen molar-refractivity contribution in [1.82, 2.24) is 0 Å². The van der Waals surface area contributed by atoms with Crippen LogP contribution in [0.5, 0.6) is 0 Å². The zero-order valence-corrected chi connectivity index (χ0v) is 17.1. The predicted octanol–water partition coefficient (Wildman–Crippen LogP) is 3.37. The maximum Gasteiger partial charge on any atom is 0.224 e. The molecule has 1 amide bonds. The topological polar surface area (TPSA) is 109 Å². The van der Waals surface area contributed by atoms with Crippen LogP contribution in [0.3, 0.4) is 0 Å². The van der Waals surface area contributed by atoms with Gasteiger partial charge < -0.3 is 16.8 Å². The van der Waals surface area contributed by atoms with Crippen LogP contribution in [-0.2, 0) is 11.2 Å². The summed E-state index contributed by atoms with van der Waals surface area (Å²) in [5.41, 5.74) is 14.5. The summed E-state index contributed by atoms with van der Waals surface area (Å²) in [7, 11) is 0. The SMILES string of the molecule is NC1=NC2(CCCCC2)N(c2ccc(NC(=O)CCc3ccccc3)cc2)C(N)=N1. The summed E-state index contributed by atoms with van der Waals surface area (Å²) in [5, 5.41) is 2.97. The van der Waals surface area contributed by atoms with Crippen LogP contribution in [0.25, 0.3) is 0 Å². The summed E-state index contributed by atoms with van der Waals surface area (Å²) >= 11 is 0. The second-order valence-electron chi connectivity index (χ2n) is 7.90. The molecule has 156 valence electrons. The maximum atomic E-state index is 12.3.